The Kier molecular flexibility index (Phi) is 20.7. The highest BCUT2D eigenvalue weighted by molar-refractivity contribution is 5.70. The first-order chi connectivity index (χ1) is 12.8. The molecule has 0 radical (unpaired) electrons. The van der Waals surface area contributed by atoms with E-state index in [1.54, 1.807) is 7.11 Å². The normalized spacial score (nSPS) is 11.6. The van der Waals surface area contributed by atoms with Gasteiger partial charge in [0.15, 0.2) is 0 Å². The lowest BCUT2D eigenvalue weighted by Crippen LogP contribution is -2.14. The lowest BCUT2D eigenvalue weighted by Gasteiger charge is -2.05. The largest absolute Gasteiger partial charge is 0.467 e. The molecule has 0 aromatic heterocycles. The van der Waals surface area contributed by atoms with Crippen LogP contribution < -0.4 is 0 Å². The fourth-order valence-electron chi connectivity index (χ4n) is 1.49. The van der Waals surface area contributed by atoms with E-state index in [2.05, 4.69) is 4.74 Å². The van der Waals surface area contributed by atoms with Gasteiger partial charge in [0, 0.05) is 7.11 Å². The quantitative estimate of drug-likeness (QED) is 0.188. The Morgan fingerprint density at radius 3 is 1.62 bits per heavy atom. The summed E-state index contributed by atoms with van der Waals surface area (Å²) in [6.45, 7) is 5.07. The molecule has 0 N–H and O–H groups in total. The van der Waals surface area contributed by atoms with E-state index in [1.165, 1.54) is 7.11 Å². The minimum Gasteiger partial charge on any atom is -0.467 e. The average Bonchev–Trinajstić information content (AvgIpc) is 2.66. The Bertz CT molecular complexity index is 357. The van der Waals surface area contributed by atoms with Crippen LogP contribution in [-0.4, -0.2) is 92.9 Å². The lowest BCUT2D eigenvalue weighted by atomic mass is 10.4. The summed E-state index contributed by atoms with van der Waals surface area (Å²) in [5, 5.41) is 0. The summed E-state index contributed by atoms with van der Waals surface area (Å²) in [4.78, 5) is 10.8. The summed E-state index contributed by atoms with van der Waals surface area (Å²) in [7, 11) is 2.96. The molecule has 0 aromatic rings. The number of carbonyl (C=O) groups is 1. The zero-order valence-electron chi connectivity index (χ0n) is 15.9. The predicted molar refractivity (Wildman–Crippen MR) is 96.3 cm³/mol. The van der Waals surface area contributed by atoms with E-state index < -0.39 is 5.97 Å². The third-order valence-corrected chi connectivity index (χ3v) is 2.81. The SMILES string of the molecule is COCCOCCOC/C=C/C=C/COCCOCCOCC(=O)OC. The Hall–Kier alpha value is -1.29. The van der Waals surface area contributed by atoms with Crippen molar-refractivity contribution in [2.24, 2.45) is 0 Å². The summed E-state index contributed by atoms with van der Waals surface area (Å²) in [5.74, 6) is -0.396. The van der Waals surface area contributed by atoms with Crippen LogP contribution >= 0.6 is 0 Å². The number of methoxy groups -OCH3 is 2. The van der Waals surface area contributed by atoms with Crippen molar-refractivity contribution in [3.63, 3.8) is 0 Å². The molecular formula is C18H32O8. The van der Waals surface area contributed by atoms with Gasteiger partial charge in [0.1, 0.15) is 6.61 Å². The van der Waals surface area contributed by atoms with E-state index >= 15 is 0 Å². The van der Waals surface area contributed by atoms with Crippen LogP contribution in [0, 0.1) is 0 Å². The van der Waals surface area contributed by atoms with Crippen LogP contribution in [0.5, 0.6) is 0 Å². The van der Waals surface area contributed by atoms with Gasteiger partial charge in [-0.15, -0.1) is 0 Å². The molecule has 0 saturated heterocycles. The topological polar surface area (TPSA) is 81.7 Å². The second-order valence-electron chi connectivity index (χ2n) is 4.85. The predicted octanol–water partition coefficient (Wildman–Crippen LogP) is 1.00. The molecule has 0 amide bonds. The van der Waals surface area contributed by atoms with E-state index in [0.717, 1.165) is 0 Å². The Morgan fingerprint density at radius 1 is 0.654 bits per heavy atom. The van der Waals surface area contributed by atoms with Crippen LogP contribution in [0.3, 0.4) is 0 Å². The summed E-state index contributed by atoms with van der Waals surface area (Å²) in [6.07, 6.45) is 7.64. The summed E-state index contributed by atoms with van der Waals surface area (Å²) >= 11 is 0. The van der Waals surface area contributed by atoms with Crippen molar-refractivity contribution in [1.82, 2.24) is 0 Å². The summed E-state index contributed by atoms with van der Waals surface area (Å²) in [6, 6.07) is 0. The lowest BCUT2D eigenvalue weighted by molar-refractivity contribution is -0.146. The van der Waals surface area contributed by atoms with E-state index in [-0.39, 0.29) is 6.61 Å². The van der Waals surface area contributed by atoms with Gasteiger partial charge in [-0.2, -0.15) is 0 Å². The van der Waals surface area contributed by atoms with Gasteiger partial charge in [0.2, 0.25) is 0 Å². The van der Waals surface area contributed by atoms with E-state index in [0.29, 0.717) is 66.1 Å². The molecule has 0 aliphatic carbocycles. The van der Waals surface area contributed by atoms with Crippen molar-refractivity contribution in [2.45, 2.75) is 0 Å². The van der Waals surface area contributed by atoms with Crippen LogP contribution in [-0.2, 0) is 38.0 Å². The number of rotatable bonds is 19. The molecule has 0 heterocycles. The zero-order chi connectivity index (χ0) is 19.1. The third-order valence-electron chi connectivity index (χ3n) is 2.81. The first-order valence-electron chi connectivity index (χ1n) is 8.57. The van der Waals surface area contributed by atoms with Crippen molar-refractivity contribution in [1.29, 1.82) is 0 Å². The molecule has 0 aliphatic rings. The van der Waals surface area contributed by atoms with Crippen molar-refractivity contribution < 1.29 is 38.0 Å². The van der Waals surface area contributed by atoms with Gasteiger partial charge in [-0.25, -0.2) is 4.79 Å². The maximum atomic E-state index is 10.8. The van der Waals surface area contributed by atoms with Crippen molar-refractivity contribution in [3.05, 3.63) is 24.3 Å². The molecule has 8 heteroatoms. The molecule has 0 aromatic carbocycles. The average molecular weight is 376 g/mol. The number of carbonyl (C=O) groups excluding carboxylic acids is 1. The maximum Gasteiger partial charge on any atom is 0.331 e. The smallest absolute Gasteiger partial charge is 0.331 e. The third kappa shape index (κ3) is 20.8. The summed E-state index contributed by atoms with van der Waals surface area (Å²) in [5.41, 5.74) is 0. The molecule has 0 fully saturated rings. The van der Waals surface area contributed by atoms with E-state index in [4.69, 9.17) is 28.4 Å². The molecule has 152 valence electrons. The van der Waals surface area contributed by atoms with Crippen LogP contribution in [0.2, 0.25) is 0 Å². The minimum atomic E-state index is -0.396. The fourth-order valence-corrected chi connectivity index (χ4v) is 1.49. The van der Waals surface area contributed by atoms with Gasteiger partial charge in [0.05, 0.1) is 73.2 Å². The first-order valence-corrected chi connectivity index (χ1v) is 8.57. The molecule has 0 bridgehead atoms. The number of hydrogen-bond donors (Lipinski definition) is 0. The molecule has 0 spiro atoms. The first kappa shape index (κ1) is 24.7. The summed E-state index contributed by atoms with van der Waals surface area (Å²) < 4.78 is 35.6. The molecule has 8 nitrogen and oxygen atoms in total. The number of hydrogen-bond acceptors (Lipinski definition) is 8. The maximum absolute atomic E-state index is 10.8. The van der Waals surface area contributed by atoms with Crippen LogP contribution in [0.4, 0.5) is 0 Å². The van der Waals surface area contributed by atoms with Gasteiger partial charge < -0.3 is 33.2 Å². The Balaban J connectivity index is 3.19. The van der Waals surface area contributed by atoms with Gasteiger partial charge in [-0.3, -0.25) is 0 Å². The van der Waals surface area contributed by atoms with Crippen molar-refractivity contribution in [3.8, 4) is 0 Å². The molecule has 0 saturated carbocycles. The molecule has 0 atom stereocenters. The van der Waals surface area contributed by atoms with E-state index in [1.807, 2.05) is 24.3 Å². The zero-order valence-corrected chi connectivity index (χ0v) is 15.9. The van der Waals surface area contributed by atoms with Crippen LogP contribution in [0.25, 0.3) is 0 Å². The van der Waals surface area contributed by atoms with Gasteiger partial charge in [-0.05, 0) is 0 Å². The second-order valence-corrected chi connectivity index (χ2v) is 4.85. The van der Waals surface area contributed by atoms with Gasteiger partial charge >= 0.3 is 5.97 Å². The Labute approximate surface area is 156 Å². The molecule has 0 aliphatic heterocycles. The molecule has 0 rings (SSSR count). The van der Waals surface area contributed by atoms with E-state index in [9.17, 15) is 4.79 Å². The van der Waals surface area contributed by atoms with Crippen LogP contribution in [0.15, 0.2) is 24.3 Å². The van der Waals surface area contributed by atoms with Crippen LogP contribution in [0.1, 0.15) is 0 Å². The minimum absolute atomic E-state index is 0.0537. The number of ether oxygens (including phenoxy) is 7. The highest BCUT2D eigenvalue weighted by atomic mass is 16.6. The molecule has 0 unspecified atom stereocenters. The van der Waals surface area contributed by atoms with Gasteiger partial charge in [-0.1, -0.05) is 24.3 Å². The van der Waals surface area contributed by atoms with Crippen molar-refractivity contribution >= 4 is 5.97 Å². The standard InChI is InChI=1S/C18H32O8/c1-20-9-10-24-13-11-22-7-5-3-4-6-8-23-12-14-25-15-16-26-17-18(19)21-2/h3-6H,7-17H2,1-2H3/b5-3+,6-4+. The highest BCUT2D eigenvalue weighted by Crippen LogP contribution is 1.86. The number of esters is 1. The highest BCUT2D eigenvalue weighted by Gasteiger charge is 1.98. The second kappa shape index (κ2) is 21.8. The fraction of sp³-hybridized carbons (Fsp3) is 0.722. The Morgan fingerprint density at radius 2 is 1.12 bits per heavy atom. The molecule has 26 heavy (non-hydrogen) atoms. The monoisotopic (exact) mass is 376 g/mol. The van der Waals surface area contributed by atoms with Crippen molar-refractivity contribution in [2.75, 3.05) is 86.9 Å². The van der Waals surface area contributed by atoms with Gasteiger partial charge in [0.25, 0.3) is 0 Å². The number of allylic oxidation sites excluding steroid dienone is 2. The molecular weight excluding hydrogens is 344 g/mol.